The van der Waals surface area contributed by atoms with Crippen LogP contribution in [0.15, 0.2) is 22.7 Å². The maximum atomic E-state index is 11.8. The zero-order chi connectivity index (χ0) is 15.1. The van der Waals surface area contributed by atoms with Gasteiger partial charge in [0.25, 0.3) is 0 Å². The summed E-state index contributed by atoms with van der Waals surface area (Å²) in [7, 11) is 1.60. The smallest absolute Gasteiger partial charge is 0.335 e. The van der Waals surface area contributed by atoms with Crippen LogP contribution < -0.4 is 10.6 Å². The maximum Gasteiger partial charge on any atom is 0.335 e. The summed E-state index contributed by atoms with van der Waals surface area (Å²) in [6.07, 6.45) is 0.695. The number of ether oxygens (including phenoxy) is 1. The van der Waals surface area contributed by atoms with Gasteiger partial charge in [0.2, 0.25) is 0 Å². The van der Waals surface area contributed by atoms with E-state index < -0.39 is 12.0 Å². The predicted molar refractivity (Wildman–Crippen MR) is 79.2 cm³/mol. The zero-order valence-corrected chi connectivity index (χ0v) is 12.9. The first kappa shape index (κ1) is 16.5. The first-order valence-electron chi connectivity index (χ1n) is 6.03. The number of halogens is 1. The molecule has 20 heavy (non-hydrogen) atoms. The number of aromatic carboxylic acids is 1. The van der Waals surface area contributed by atoms with Gasteiger partial charge in [0.15, 0.2) is 0 Å². The number of carboxylic acids is 1. The average molecular weight is 345 g/mol. The van der Waals surface area contributed by atoms with Crippen LogP contribution in [0.1, 0.15) is 23.7 Å². The fraction of sp³-hybridized carbons (Fsp3) is 0.385. The van der Waals surface area contributed by atoms with Gasteiger partial charge in [0.1, 0.15) is 0 Å². The number of methoxy groups -OCH3 is 1. The zero-order valence-electron chi connectivity index (χ0n) is 11.3. The molecule has 0 aliphatic carbocycles. The molecule has 0 fully saturated rings. The van der Waals surface area contributed by atoms with E-state index >= 15 is 0 Å². The minimum Gasteiger partial charge on any atom is -0.478 e. The molecule has 0 heterocycles. The normalized spacial score (nSPS) is 11.8. The summed E-state index contributed by atoms with van der Waals surface area (Å²) < 4.78 is 5.54. The number of rotatable bonds is 6. The van der Waals surface area contributed by atoms with Crippen LogP contribution in [0.25, 0.3) is 0 Å². The molecule has 1 unspecified atom stereocenters. The van der Waals surface area contributed by atoms with Crippen LogP contribution in [-0.2, 0) is 4.74 Å². The number of carbonyl (C=O) groups is 2. The minimum absolute atomic E-state index is 0.0450. The van der Waals surface area contributed by atoms with Gasteiger partial charge in [0, 0.05) is 24.2 Å². The maximum absolute atomic E-state index is 11.8. The van der Waals surface area contributed by atoms with Gasteiger partial charge in [-0.1, -0.05) is 0 Å². The summed E-state index contributed by atoms with van der Waals surface area (Å²) in [5.74, 6) is -1.05. The monoisotopic (exact) mass is 344 g/mol. The van der Waals surface area contributed by atoms with Crippen molar-refractivity contribution in [3.8, 4) is 0 Å². The lowest BCUT2D eigenvalue weighted by Gasteiger charge is -2.15. The molecule has 1 rings (SSSR count). The molecule has 0 saturated heterocycles. The van der Waals surface area contributed by atoms with E-state index in [4.69, 9.17) is 9.84 Å². The summed E-state index contributed by atoms with van der Waals surface area (Å²) in [6, 6.07) is 3.99. The number of carboxylic acid groups (broad SMARTS) is 1. The van der Waals surface area contributed by atoms with Crippen molar-refractivity contribution in [1.29, 1.82) is 0 Å². The highest BCUT2D eigenvalue weighted by molar-refractivity contribution is 9.10. The summed E-state index contributed by atoms with van der Waals surface area (Å²) in [5.41, 5.74) is 0.511. The molecule has 1 aromatic carbocycles. The predicted octanol–water partition coefficient (Wildman–Crippen LogP) is 2.69. The minimum atomic E-state index is -1.05. The van der Waals surface area contributed by atoms with Crippen molar-refractivity contribution in [2.75, 3.05) is 19.0 Å². The van der Waals surface area contributed by atoms with Crippen LogP contribution in [-0.4, -0.2) is 36.9 Å². The molecule has 0 saturated carbocycles. The number of nitrogens with one attached hydrogen (secondary N) is 2. The molecule has 1 atom stereocenters. The van der Waals surface area contributed by atoms with Crippen molar-refractivity contribution < 1.29 is 19.4 Å². The Kier molecular flexibility index (Phi) is 6.47. The number of urea groups is 1. The number of anilines is 1. The molecule has 110 valence electrons. The summed E-state index contributed by atoms with van der Waals surface area (Å²) >= 11 is 3.26. The Hall–Kier alpha value is -1.60. The van der Waals surface area contributed by atoms with Gasteiger partial charge in [-0.15, -0.1) is 0 Å². The molecule has 1 aromatic rings. The number of hydrogen-bond donors (Lipinski definition) is 3. The highest BCUT2D eigenvalue weighted by Gasteiger charge is 2.11. The van der Waals surface area contributed by atoms with Crippen LogP contribution in [0.4, 0.5) is 10.5 Å². The van der Waals surface area contributed by atoms with Gasteiger partial charge in [0.05, 0.1) is 11.3 Å². The first-order chi connectivity index (χ1) is 9.43. The average Bonchev–Trinajstić information content (AvgIpc) is 2.38. The highest BCUT2D eigenvalue weighted by atomic mass is 79.9. The fourth-order valence-electron chi connectivity index (χ4n) is 1.50. The number of benzene rings is 1. The molecule has 2 amide bonds. The van der Waals surface area contributed by atoms with E-state index in [2.05, 4.69) is 26.6 Å². The van der Waals surface area contributed by atoms with Gasteiger partial charge in [-0.05, 0) is 47.5 Å². The van der Waals surface area contributed by atoms with Crippen LogP contribution in [0.5, 0.6) is 0 Å². The van der Waals surface area contributed by atoms with Gasteiger partial charge >= 0.3 is 12.0 Å². The second-order valence-electron chi connectivity index (χ2n) is 4.28. The number of carbonyl (C=O) groups excluding carboxylic acids is 1. The lowest BCUT2D eigenvalue weighted by atomic mass is 10.2. The molecule has 0 aliphatic rings. The Balaban J connectivity index is 2.65. The molecular weight excluding hydrogens is 328 g/mol. The summed E-state index contributed by atoms with van der Waals surface area (Å²) in [6.45, 7) is 2.42. The molecule has 0 spiro atoms. The second kappa shape index (κ2) is 7.86. The molecule has 0 aliphatic heterocycles. The van der Waals surface area contributed by atoms with Gasteiger partial charge in [-0.25, -0.2) is 9.59 Å². The van der Waals surface area contributed by atoms with Gasteiger partial charge in [-0.3, -0.25) is 0 Å². The molecule has 0 radical (unpaired) electrons. The molecular formula is C13H17BrN2O4. The lowest BCUT2D eigenvalue weighted by Crippen LogP contribution is -2.36. The van der Waals surface area contributed by atoms with Crippen molar-refractivity contribution in [2.45, 2.75) is 19.4 Å². The van der Waals surface area contributed by atoms with Gasteiger partial charge in [-0.2, -0.15) is 0 Å². The van der Waals surface area contributed by atoms with Crippen molar-refractivity contribution >= 4 is 33.6 Å². The molecule has 0 bridgehead atoms. The quantitative estimate of drug-likeness (QED) is 0.740. The van der Waals surface area contributed by atoms with E-state index in [0.29, 0.717) is 23.2 Å². The number of hydrogen-bond acceptors (Lipinski definition) is 3. The Labute approximate surface area is 125 Å². The van der Waals surface area contributed by atoms with Crippen LogP contribution in [0, 0.1) is 0 Å². The van der Waals surface area contributed by atoms with E-state index in [-0.39, 0.29) is 11.6 Å². The van der Waals surface area contributed by atoms with Crippen LogP contribution >= 0.6 is 15.9 Å². The SMILES string of the molecule is COCCC(C)NC(=O)Nc1cc(C(=O)O)ccc1Br. The third-order valence-corrected chi connectivity index (χ3v) is 3.29. The second-order valence-corrected chi connectivity index (χ2v) is 5.14. The van der Waals surface area contributed by atoms with Crippen molar-refractivity contribution in [1.82, 2.24) is 5.32 Å². The number of amides is 2. The van der Waals surface area contributed by atoms with E-state index in [1.807, 2.05) is 6.92 Å². The van der Waals surface area contributed by atoms with Gasteiger partial charge < -0.3 is 20.5 Å². The van der Waals surface area contributed by atoms with E-state index in [9.17, 15) is 9.59 Å². The first-order valence-corrected chi connectivity index (χ1v) is 6.82. The largest absolute Gasteiger partial charge is 0.478 e. The Morgan fingerprint density at radius 1 is 1.45 bits per heavy atom. The molecule has 7 heteroatoms. The van der Waals surface area contributed by atoms with Crippen molar-refractivity contribution in [2.24, 2.45) is 0 Å². The van der Waals surface area contributed by atoms with E-state index in [0.717, 1.165) is 0 Å². The van der Waals surface area contributed by atoms with Crippen molar-refractivity contribution in [3.63, 3.8) is 0 Å². The Bertz CT molecular complexity index is 493. The summed E-state index contributed by atoms with van der Waals surface area (Å²) in [4.78, 5) is 22.7. The molecule has 6 nitrogen and oxygen atoms in total. The third kappa shape index (κ3) is 5.18. The fourth-order valence-corrected chi connectivity index (χ4v) is 1.85. The van der Waals surface area contributed by atoms with Crippen LogP contribution in [0.2, 0.25) is 0 Å². The van der Waals surface area contributed by atoms with Crippen molar-refractivity contribution in [3.05, 3.63) is 28.2 Å². The molecule has 3 N–H and O–H groups in total. The third-order valence-electron chi connectivity index (χ3n) is 2.59. The lowest BCUT2D eigenvalue weighted by molar-refractivity contribution is 0.0697. The Morgan fingerprint density at radius 2 is 2.15 bits per heavy atom. The van der Waals surface area contributed by atoms with Crippen LogP contribution in [0.3, 0.4) is 0 Å². The van der Waals surface area contributed by atoms with E-state index in [1.54, 1.807) is 13.2 Å². The topological polar surface area (TPSA) is 87.7 Å². The van der Waals surface area contributed by atoms with E-state index in [1.165, 1.54) is 12.1 Å². The summed E-state index contributed by atoms with van der Waals surface area (Å²) in [5, 5.41) is 14.3. The standard InChI is InChI=1S/C13H17BrN2O4/c1-8(5-6-20-2)15-13(19)16-11-7-9(12(17)18)3-4-10(11)14/h3-4,7-8H,5-6H2,1-2H3,(H,17,18)(H2,15,16,19). The highest BCUT2D eigenvalue weighted by Crippen LogP contribution is 2.23. The Morgan fingerprint density at radius 3 is 2.75 bits per heavy atom. The molecule has 0 aromatic heterocycles.